The third-order valence-electron chi connectivity index (χ3n) is 24.3. The van der Waals surface area contributed by atoms with Gasteiger partial charge in [-0.15, -0.1) is 0 Å². The Morgan fingerprint density at radius 3 is 1.11 bits per heavy atom. The first-order valence-electron chi connectivity index (χ1n) is 37.8. The molecule has 0 unspecified atom stereocenters. The van der Waals surface area contributed by atoms with Gasteiger partial charge in [0.15, 0.2) is 0 Å². The van der Waals surface area contributed by atoms with Gasteiger partial charge in [0, 0.05) is 97.3 Å². The standard InChI is InChI=1S/C102H56N8/c1-2-18-57(19-3-1)58-34-38-64(39-35-58)95-89-69-24-8-4-20-60(69)45-50-81(89)103-101(105-95)107-84-32-16-13-29-76(84)92-88(107)56-80-74-48-43-63-23-7-11-27-72(63)98(74)110-86-54-66(44-49-78(86)94(92)100(80)110)65-40-36-59-37-41-67(53-68(59)52-65)96-90-70-25-9-5-21-61(70)46-51-82(90)104-102(106-96)108-83-31-15-12-28-75(83)91-87(108)55-79-73-47-42-62-22-6-10-26-71(62)97(73)109-85-33-17-14-30-77(85)93(91)99(79)109/h1-56H. The van der Waals surface area contributed by atoms with Crippen molar-refractivity contribution in [3.63, 3.8) is 0 Å². The molecule has 0 fully saturated rings. The van der Waals surface area contributed by atoms with Gasteiger partial charge in [-0.25, -0.2) is 19.9 Å². The van der Waals surface area contributed by atoms with E-state index in [1.807, 2.05) is 0 Å². The van der Waals surface area contributed by atoms with Gasteiger partial charge in [0.1, 0.15) is 0 Å². The summed E-state index contributed by atoms with van der Waals surface area (Å²) in [5.74, 6) is 1.25. The van der Waals surface area contributed by atoms with Crippen molar-refractivity contribution in [2.45, 2.75) is 0 Å². The third-order valence-corrected chi connectivity index (χ3v) is 24.3. The second-order valence-corrected chi connectivity index (χ2v) is 29.9. The van der Waals surface area contributed by atoms with Crippen molar-refractivity contribution in [3.05, 3.63) is 340 Å². The maximum Gasteiger partial charge on any atom is 0.235 e. The van der Waals surface area contributed by atoms with Crippen LogP contribution in [-0.2, 0) is 0 Å². The lowest BCUT2D eigenvalue weighted by Gasteiger charge is -2.14. The highest BCUT2D eigenvalue weighted by atomic mass is 15.2. The minimum Gasteiger partial charge on any atom is -0.307 e. The minimum atomic E-state index is 0.625. The summed E-state index contributed by atoms with van der Waals surface area (Å²) < 4.78 is 9.78. The number of rotatable bonds is 6. The van der Waals surface area contributed by atoms with Gasteiger partial charge in [-0.1, -0.05) is 279 Å². The highest BCUT2D eigenvalue weighted by Crippen LogP contribution is 2.52. The number of para-hydroxylation sites is 3. The van der Waals surface area contributed by atoms with E-state index in [1.165, 1.54) is 109 Å². The molecular formula is C102H56N8. The minimum absolute atomic E-state index is 0.625. The Kier molecular flexibility index (Phi) is 11.4. The molecule has 110 heavy (non-hydrogen) atoms. The largest absolute Gasteiger partial charge is 0.307 e. The molecule has 0 bridgehead atoms. The van der Waals surface area contributed by atoms with Gasteiger partial charge in [0.05, 0.1) is 77.6 Å². The molecule has 8 heteroatoms. The molecule has 26 aromatic rings. The van der Waals surface area contributed by atoms with E-state index in [-0.39, 0.29) is 0 Å². The van der Waals surface area contributed by atoms with Crippen molar-refractivity contribution in [2.24, 2.45) is 0 Å². The first-order chi connectivity index (χ1) is 54.6. The van der Waals surface area contributed by atoms with Crippen molar-refractivity contribution in [1.82, 2.24) is 37.9 Å². The summed E-state index contributed by atoms with van der Waals surface area (Å²) in [6.07, 6.45) is 0. The van der Waals surface area contributed by atoms with Gasteiger partial charge >= 0.3 is 0 Å². The summed E-state index contributed by atoms with van der Waals surface area (Å²) in [4.78, 5) is 23.0. The number of nitrogens with zero attached hydrogens (tertiary/aromatic N) is 8. The molecule has 8 heterocycles. The molecule has 0 radical (unpaired) electrons. The van der Waals surface area contributed by atoms with Crippen LogP contribution in [0, 0.1) is 0 Å². The molecule has 0 spiro atoms. The zero-order valence-corrected chi connectivity index (χ0v) is 58.9. The zero-order valence-electron chi connectivity index (χ0n) is 58.9. The molecular weight excluding hydrogens is 1340 g/mol. The fourth-order valence-electron chi connectivity index (χ4n) is 19.6. The van der Waals surface area contributed by atoms with E-state index in [9.17, 15) is 0 Å². The van der Waals surface area contributed by atoms with Gasteiger partial charge in [-0.05, 0) is 126 Å². The van der Waals surface area contributed by atoms with Crippen molar-refractivity contribution < 1.29 is 0 Å². The Morgan fingerprint density at radius 2 is 0.545 bits per heavy atom. The van der Waals surface area contributed by atoms with E-state index in [0.717, 1.165) is 132 Å². The quantitative estimate of drug-likeness (QED) is 0.156. The molecule has 0 aliphatic rings. The van der Waals surface area contributed by atoms with Crippen LogP contribution in [0.25, 0.3) is 252 Å². The van der Waals surface area contributed by atoms with Crippen LogP contribution in [0.2, 0.25) is 0 Å². The number of fused-ring (bicyclic) bond motifs is 31. The Balaban J connectivity index is 0.679. The molecule has 504 valence electrons. The lowest BCUT2D eigenvalue weighted by Crippen LogP contribution is -2.04. The summed E-state index contributed by atoms with van der Waals surface area (Å²) in [5, 5.41) is 28.1. The predicted octanol–water partition coefficient (Wildman–Crippen LogP) is 26.5. The predicted molar refractivity (Wildman–Crippen MR) is 460 cm³/mol. The van der Waals surface area contributed by atoms with Crippen LogP contribution in [0.4, 0.5) is 0 Å². The van der Waals surface area contributed by atoms with Crippen LogP contribution in [0.1, 0.15) is 0 Å². The molecule has 0 amide bonds. The van der Waals surface area contributed by atoms with Crippen LogP contribution in [0.3, 0.4) is 0 Å². The average molecular weight is 1390 g/mol. The molecule has 0 aliphatic heterocycles. The van der Waals surface area contributed by atoms with Crippen LogP contribution >= 0.6 is 0 Å². The highest BCUT2D eigenvalue weighted by molar-refractivity contribution is 6.39. The number of aromatic nitrogens is 8. The van der Waals surface area contributed by atoms with Gasteiger partial charge in [-0.2, -0.15) is 0 Å². The maximum absolute atomic E-state index is 5.90. The van der Waals surface area contributed by atoms with Crippen molar-refractivity contribution in [1.29, 1.82) is 0 Å². The number of benzene rings is 18. The van der Waals surface area contributed by atoms with Crippen LogP contribution in [0.5, 0.6) is 0 Å². The summed E-state index contributed by atoms with van der Waals surface area (Å²) in [6, 6.07) is 125. The van der Waals surface area contributed by atoms with E-state index in [1.54, 1.807) is 0 Å². The smallest absolute Gasteiger partial charge is 0.235 e. The molecule has 26 rings (SSSR count). The lowest BCUT2D eigenvalue weighted by atomic mass is 9.96. The monoisotopic (exact) mass is 1390 g/mol. The number of hydrogen-bond donors (Lipinski definition) is 0. The van der Waals surface area contributed by atoms with E-state index in [4.69, 9.17) is 19.9 Å². The van der Waals surface area contributed by atoms with Crippen molar-refractivity contribution >= 4 is 195 Å². The van der Waals surface area contributed by atoms with Crippen molar-refractivity contribution in [3.8, 4) is 56.7 Å². The summed E-state index contributed by atoms with van der Waals surface area (Å²) in [7, 11) is 0. The van der Waals surface area contributed by atoms with Crippen LogP contribution < -0.4 is 0 Å². The number of hydrogen-bond acceptors (Lipinski definition) is 4. The second kappa shape index (κ2) is 21.4. The summed E-state index contributed by atoms with van der Waals surface area (Å²) in [5.41, 5.74) is 21.6. The molecule has 0 saturated heterocycles. The summed E-state index contributed by atoms with van der Waals surface area (Å²) in [6.45, 7) is 0. The van der Waals surface area contributed by atoms with Crippen molar-refractivity contribution in [2.75, 3.05) is 0 Å². The molecule has 8 nitrogen and oxygen atoms in total. The molecule has 18 aromatic carbocycles. The fourth-order valence-corrected chi connectivity index (χ4v) is 19.6. The topological polar surface area (TPSA) is 70.2 Å². The van der Waals surface area contributed by atoms with Gasteiger partial charge in [0.25, 0.3) is 0 Å². The average Bonchev–Trinajstić information content (AvgIpc) is 1.51. The van der Waals surface area contributed by atoms with E-state index >= 15 is 0 Å². The van der Waals surface area contributed by atoms with Crippen LogP contribution in [-0.4, -0.2) is 37.9 Å². The SMILES string of the molecule is c1ccc(-c2ccc(-c3nc(-n4c5ccccc5c5c6c7ccc(-c8ccc9ccc(-c%10nc(-n%11c%12ccccc%12c%12c%13c%14ccccc%14n%14c%15c%16ccccc%16ccc%15c(cc%12%11)c%13%14)nc%11ccc%12ccccc%12c%10%11)cc9c8)cc7n7c8c9ccccc9ccc8c(cc54)c67)nc4ccc5ccccc5c34)cc2)cc1. The molecule has 0 N–H and O–H groups in total. The third kappa shape index (κ3) is 7.76. The van der Waals surface area contributed by atoms with Gasteiger partial charge < -0.3 is 8.80 Å². The Labute approximate surface area is 625 Å². The zero-order chi connectivity index (χ0) is 71.3. The lowest BCUT2D eigenvalue weighted by molar-refractivity contribution is 1.01. The molecule has 0 atom stereocenters. The Bertz CT molecular complexity index is 8590. The maximum atomic E-state index is 5.90. The van der Waals surface area contributed by atoms with E-state index in [2.05, 4.69) is 358 Å². The Morgan fingerprint density at radius 1 is 0.173 bits per heavy atom. The first-order valence-corrected chi connectivity index (χ1v) is 37.8. The molecule has 0 aliphatic carbocycles. The molecule has 8 aromatic heterocycles. The first kappa shape index (κ1) is 58.4. The Hall–Kier alpha value is -14.9. The second-order valence-electron chi connectivity index (χ2n) is 29.9. The normalized spacial score (nSPS) is 12.5. The summed E-state index contributed by atoms with van der Waals surface area (Å²) >= 11 is 0. The van der Waals surface area contributed by atoms with Gasteiger partial charge in [-0.3, -0.25) is 9.13 Å². The molecule has 0 saturated carbocycles. The van der Waals surface area contributed by atoms with E-state index in [0.29, 0.717) is 11.9 Å². The highest BCUT2D eigenvalue weighted by Gasteiger charge is 2.30. The van der Waals surface area contributed by atoms with Crippen LogP contribution in [0.15, 0.2) is 340 Å². The van der Waals surface area contributed by atoms with E-state index < -0.39 is 0 Å². The fraction of sp³-hybridized carbons (Fsp3) is 0. The van der Waals surface area contributed by atoms with Gasteiger partial charge in [0.2, 0.25) is 11.9 Å².